The molecule has 1 unspecified atom stereocenters. The number of rotatable bonds is 5. The summed E-state index contributed by atoms with van der Waals surface area (Å²) in [5.41, 5.74) is 1.18. The van der Waals surface area contributed by atoms with Crippen molar-refractivity contribution in [1.29, 1.82) is 0 Å². The van der Waals surface area contributed by atoms with E-state index >= 15 is 0 Å². The van der Waals surface area contributed by atoms with Gasteiger partial charge in [0.2, 0.25) is 0 Å². The molecule has 1 aliphatic rings. The van der Waals surface area contributed by atoms with Crippen molar-refractivity contribution in [3.05, 3.63) is 28.7 Å². The van der Waals surface area contributed by atoms with Gasteiger partial charge in [-0.05, 0) is 51.7 Å². The molecule has 2 rings (SSSR count). The van der Waals surface area contributed by atoms with Crippen LogP contribution in [0.15, 0.2) is 28.7 Å². The zero-order chi connectivity index (χ0) is 13.7. The lowest BCUT2D eigenvalue weighted by Gasteiger charge is -2.35. The van der Waals surface area contributed by atoms with Gasteiger partial charge in [-0.15, -0.1) is 0 Å². The fraction of sp³-hybridized carbons (Fsp3) is 0.600. The predicted molar refractivity (Wildman–Crippen MR) is 85.8 cm³/mol. The number of piperidine rings is 1. The first kappa shape index (κ1) is 14.8. The molecule has 0 aliphatic carbocycles. The second-order valence-corrected chi connectivity index (χ2v) is 6.39. The lowest BCUT2D eigenvalue weighted by atomic mass is 10.1. The molecule has 1 N–H and O–H groups in total. The molecule has 1 fully saturated rings. The average Bonchev–Trinajstić information content (AvgIpc) is 2.38. The Morgan fingerprint density at radius 2 is 2.32 bits per heavy atom. The van der Waals surface area contributed by atoms with Crippen molar-refractivity contribution < 1.29 is 0 Å². The van der Waals surface area contributed by atoms with Crippen LogP contribution in [0.2, 0.25) is 0 Å². The summed E-state index contributed by atoms with van der Waals surface area (Å²) in [7, 11) is 4.46. The Hall–Kier alpha value is -0.580. The Morgan fingerprint density at radius 3 is 3.05 bits per heavy atom. The monoisotopic (exact) mass is 325 g/mol. The van der Waals surface area contributed by atoms with Crippen LogP contribution in [0.3, 0.4) is 0 Å². The van der Waals surface area contributed by atoms with E-state index in [9.17, 15) is 0 Å². The first-order valence-corrected chi connectivity index (χ1v) is 7.82. The van der Waals surface area contributed by atoms with E-state index in [-0.39, 0.29) is 0 Å². The van der Waals surface area contributed by atoms with E-state index < -0.39 is 0 Å². The van der Waals surface area contributed by atoms with Crippen LogP contribution >= 0.6 is 15.9 Å². The number of halogens is 1. The summed E-state index contributed by atoms with van der Waals surface area (Å²) in [5, 5.41) is 3.48. The van der Waals surface area contributed by atoms with Gasteiger partial charge >= 0.3 is 0 Å². The van der Waals surface area contributed by atoms with Crippen molar-refractivity contribution in [2.24, 2.45) is 0 Å². The highest BCUT2D eigenvalue weighted by Crippen LogP contribution is 2.16. The van der Waals surface area contributed by atoms with Crippen LogP contribution in [0, 0.1) is 0 Å². The van der Waals surface area contributed by atoms with Gasteiger partial charge in [0.25, 0.3) is 0 Å². The van der Waals surface area contributed by atoms with Crippen molar-refractivity contribution in [3.8, 4) is 0 Å². The van der Waals surface area contributed by atoms with Crippen molar-refractivity contribution >= 4 is 21.6 Å². The van der Waals surface area contributed by atoms with Crippen LogP contribution < -0.4 is 5.32 Å². The van der Waals surface area contributed by atoms with E-state index in [4.69, 9.17) is 0 Å². The zero-order valence-corrected chi connectivity index (χ0v) is 13.5. The van der Waals surface area contributed by atoms with E-state index in [2.05, 4.69) is 69.4 Å². The molecule has 4 heteroatoms. The molecule has 3 nitrogen and oxygen atoms in total. The molecule has 1 aromatic carbocycles. The molecule has 19 heavy (non-hydrogen) atoms. The van der Waals surface area contributed by atoms with E-state index in [1.807, 2.05) is 0 Å². The summed E-state index contributed by atoms with van der Waals surface area (Å²) in [5.74, 6) is 0. The van der Waals surface area contributed by atoms with Gasteiger partial charge in [-0.25, -0.2) is 0 Å². The van der Waals surface area contributed by atoms with Crippen LogP contribution in [0.4, 0.5) is 5.69 Å². The minimum Gasteiger partial charge on any atom is -0.384 e. The highest BCUT2D eigenvalue weighted by Gasteiger charge is 2.20. The number of benzene rings is 1. The molecule has 1 atom stereocenters. The first-order chi connectivity index (χ1) is 9.15. The third-order valence-corrected chi connectivity index (χ3v) is 4.33. The molecule has 0 spiro atoms. The molecular weight excluding hydrogens is 302 g/mol. The number of likely N-dealkylation sites (N-methyl/N-ethyl adjacent to an activating group) is 2. The van der Waals surface area contributed by atoms with Crippen LogP contribution in [0.5, 0.6) is 0 Å². The summed E-state index contributed by atoms with van der Waals surface area (Å²) >= 11 is 3.50. The number of likely N-dealkylation sites (tertiary alicyclic amines) is 1. The van der Waals surface area contributed by atoms with Crippen LogP contribution in [-0.2, 0) is 0 Å². The minimum absolute atomic E-state index is 0.711. The molecule has 1 saturated heterocycles. The first-order valence-electron chi connectivity index (χ1n) is 7.03. The molecule has 106 valence electrons. The summed E-state index contributed by atoms with van der Waals surface area (Å²) < 4.78 is 1.12. The topological polar surface area (TPSA) is 18.5 Å². The fourth-order valence-corrected chi connectivity index (χ4v) is 3.06. The maximum Gasteiger partial charge on any atom is 0.0351 e. The molecule has 0 bridgehead atoms. The van der Waals surface area contributed by atoms with Gasteiger partial charge in [0.15, 0.2) is 0 Å². The number of anilines is 1. The number of hydrogen-bond donors (Lipinski definition) is 1. The van der Waals surface area contributed by atoms with E-state index in [0.717, 1.165) is 17.6 Å². The smallest absolute Gasteiger partial charge is 0.0351 e. The normalized spacial score (nSPS) is 20.7. The molecule has 0 aromatic heterocycles. The Kier molecular flexibility index (Phi) is 5.67. The molecule has 1 heterocycles. The highest BCUT2D eigenvalue weighted by molar-refractivity contribution is 9.10. The second-order valence-electron chi connectivity index (χ2n) is 5.48. The number of hydrogen-bond acceptors (Lipinski definition) is 3. The van der Waals surface area contributed by atoms with E-state index in [1.54, 1.807) is 0 Å². The molecule has 0 radical (unpaired) electrons. The number of nitrogens with one attached hydrogen (secondary N) is 1. The van der Waals surface area contributed by atoms with Crippen molar-refractivity contribution in [2.45, 2.75) is 18.9 Å². The molecular formula is C15H24BrN3. The van der Waals surface area contributed by atoms with Crippen molar-refractivity contribution in [2.75, 3.05) is 45.6 Å². The molecule has 1 aromatic rings. The Bertz CT molecular complexity index is 397. The second kappa shape index (κ2) is 7.27. The Morgan fingerprint density at radius 1 is 1.47 bits per heavy atom. The third-order valence-electron chi connectivity index (χ3n) is 3.84. The fourth-order valence-electron chi connectivity index (χ4n) is 2.66. The van der Waals surface area contributed by atoms with Crippen LogP contribution in [0.1, 0.15) is 12.8 Å². The van der Waals surface area contributed by atoms with Crippen molar-refractivity contribution in [1.82, 2.24) is 9.80 Å². The van der Waals surface area contributed by atoms with Crippen LogP contribution in [-0.4, -0.2) is 56.1 Å². The van der Waals surface area contributed by atoms with Crippen molar-refractivity contribution in [3.63, 3.8) is 0 Å². The lowest BCUT2D eigenvalue weighted by Crippen LogP contribution is -2.46. The van der Waals surface area contributed by atoms with Gasteiger partial charge in [-0.1, -0.05) is 22.0 Å². The quantitative estimate of drug-likeness (QED) is 0.898. The summed E-state index contributed by atoms with van der Waals surface area (Å²) in [6.45, 7) is 4.53. The SMILES string of the molecule is CN1CCCC(N(C)CCNc2cccc(Br)c2)C1. The van der Waals surface area contributed by atoms with E-state index in [1.165, 1.54) is 31.6 Å². The van der Waals surface area contributed by atoms with Gasteiger partial charge in [0, 0.05) is 35.8 Å². The third kappa shape index (κ3) is 4.79. The van der Waals surface area contributed by atoms with Crippen LogP contribution in [0.25, 0.3) is 0 Å². The predicted octanol–water partition coefficient (Wildman–Crippen LogP) is 2.89. The largest absolute Gasteiger partial charge is 0.384 e. The summed E-state index contributed by atoms with van der Waals surface area (Å²) in [6, 6.07) is 9.05. The van der Waals surface area contributed by atoms with Gasteiger partial charge < -0.3 is 15.1 Å². The summed E-state index contributed by atoms with van der Waals surface area (Å²) in [6.07, 6.45) is 2.66. The van der Waals surface area contributed by atoms with Gasteiger partial charge in [-0.2, -0.15) is 0 Å². The summed E-state index contributed by atoms with van der Waals surface area (Å²) in [4.78, 5) is 4.92. The van der Waals surface area contributed by atoms with E-state index in [0.29, 0.717) is 6.04 Å². The lowest BCUT2D eigenvalue weighted by molar-refractivity contribution is 0.138. The highest BCUT2D eigenvalue weighted by atomic mass is 79.9. The Balaban J connectivity index is 1.73. The number of nitrogens with zero attached hydrogens (tertiary/aromatic N) is 2. The van der Waals surface area contributed by atoms with Gasteiger partial charge in [0.1, 0.15) is 0 Å². The maximum atomic E-state index is 3.50. The average molecular weight is 326 g/mol. The van der Waals surface area contributed by atoms with Gasteiger partial charge in [0.05, 0.1) is 0 Å². The standard InChI is InChI=1S/C15H24BrN3/c1-18-9-4-7-15(12-18)19(2)10-8-17-14-6-3-5-13(16)11-14/h3,5-6,11,15,17H,4,7-10,12H2,1-2H3. The Labute approximate surface area is 125 Å². The molecule has 0 saturated carbocycles. The molecule has 1 aliphatic heterocycles. The zero-order valence-electron chi connectivity index (χ0n) is 11.9. The van der Waals surface area contributed by atoms with Gasteiger partial charge in [-0.3, -0.25) is 0 Å². The molecule has 0 amide bonds. The minimum atomic E-state index is 0.711. The maximum absolute atomic E-state index is 3.50.